The smallest absolute Gasteiger partial charge is 0.0811 e. The lowest BCUT2D eigenvalue weighted by molar-refractivity contribution is 0.414. The number of nitrogens with one attached hydrogen (secondary N) is 2. The van der Waals surface area contributed by atoms with Crippen LogP contribution in [0.3, 0.4) is 0 Å². The molecular formula is C23H24N4S. The van der Waals surface area contributed by atoms with Crippen molar-refractivity contribution >= 4 is 27.9 Å². The van der Waals surface area contributed by atoms with Gasteiger partial charge in [0.05, 0.1) is 11.2 Å². The van der Waals surface area contributed by atoms with Crippen molar-refractivity contribution in [2.24, 2.45) is 0 Å². The molecule has 0 radical (unpaired) electrons. The summed E-state index contributed by atoms with van der Waals surface area (Å²) in [5.41, 5.74) is 8.05. The van der Waals surface area contributed by atoms with Gasteiger partial charge in [0.25, 0.3) is 0 Å². The van der Waals surface area contributed by atoms with Crippen LogP contribution in [0.15, 0.2) is 65.6 Å². The Hall–Kier alpha value is -2.63. The summed E-state index contributed by atoms with van der Waals surface area (Å²) in [4.78, 5) is 10.2. The molecule has 1 fully saturated rings. The van der Waals surface area contributed by atoms with Crippen LogP contribution in [0, 0.1) is 0 Å². The Morgan fingerprint density at radius 2 is 1.93 bits per heavy atom. The average molecular weight is 389 g/mol. The van der Waals surface area contributed by atoms with Crippen molar-refractivity contribution < 1.29 is 0 Å². The van der Waals surface area contributed by atoms with Crippen molar-refractivity contribution in [2.75, 3.05) is 18.0 Å². The minimum Gasteiger partial charge on any atom is -0.371 e. The maximum Gasteiger partial charge on any atom is 0.0811 e. The fourth-order valence-corrected chi connectivity index (χ4v) is 4.66. The summed E-state index contributed by atoms with van der Waals surface area (Å²) in [6, 6.07) is 18.1. The Morgan fingerprint density at radius 1 is 1.07 bits per heavy atom. The third-order valence-electron chi connectivity index (χ3n) is 5.72. The van der Waals surface area contributed by atoms with Crippen molar-refractivity contribution in [1.29, 1.82) is 0 Å². The lowest BCUT2D eigenvalue weighted by Gasteiger charge is -2.34. The zero-order chi connectivity index (χ0) is 18.8. The Labute approximate surface area is 169 Å². The summed E-state index contributed by atoms with van der Waals surface area (Å²) in [7, 11) is 0. The van der Waals surface area contributed by atoms with Gasteiger partial charge in [-0.15, -0.1) is 11.3 Å². The van der Waals surface area contributed by atoms with E-state index in [9.17, 15) is 0 Å². The van der Waals surface area contributed by atoms with E-state index in [1.54, 1.807) is 11.3 Å². The normalized spacial score (nSPS) is 15.4. The molecule has 0 unspecified atom stereocenters. The van der Waals surface area contributed by atoms with Gasteiger partial charge in [-0.2, -0.15) is 0 Å². The molecule has 28 heavy (non-hydrogen) atoms. The van der Waals surface area contributed by atoms with Crippen LogP contribution < -0.4 is 10.2 Å². The number of hydrogen-bond donors (Lipinski definition) is 2. The third kappa shape index (κ3) is 3.55. The molecule has 1 aliphatic heterocycles. The number of aromatic nitrogens is 2. The summed E-state index contributed by atoms with van der Waals surface area (Å²) >= 11 is 1.64. The molecule has 0 aliphatic carbocycles. The monoisotopic (exact) mass is 388 g/mol. The highest BCUT2D eigenvalue weighted by atomic mass is 32.1. The number of piperidine rings is 1. The summed E-state index contributed by atoms with van der Waals surface area (Å²) in [5.74, 6) is 0. The molecule has 0 atom stereocenters. The number of H-pyrrole nitrogens is 1. The van der Waals surface area contributed by atoms with Crippen molar-refractivity contribution in [3.8, 4) is 11.3 Å². The van der Waals surface area contributed by atoms with E-state index in [0.29, 0.717) is 6.04 Å². The van der Waals surface area contributed by atoms with Crippen LogP contribution in [-0.2, 0) is 6.54 Å². The molecule has 4 aromatic rings. The van der Waals surface area contributed by atoms with Crippen molar-refractivity contribution in [1.82, 2.24) is 15.3 Å². The van der Waals surface area contributed by atoms with Crippen LogP contribution in [0.25, 0.3) is 22.2 Å². The van der Waals surface area contributed by atoms with Gasteiger partial charge >= 0.3 is 0 Å². The van der Waals surface area contributed by atoms with Crippen LogP contribution in [0.1, 0.15) is 18.4 Å². The standard InChI is InChI=1S/C23H24N4S/c1-2-18(21-8-11-24-22(21)3-1)14-25-19-9-12-27(13-10-19)20-6-4-17(5-7-20)23-15-28-16-26-23/h1-8,11,15-16,19,24-25H,9-10,12-14H2. The molecule has 0 amide bonds. The number of aromatic amines is 1. The quantitative estimate of drug-likeness (QED) is 0.503. The van der Waals surface area contributed by atoms with E-state index in [-0.39, 0.29) is 0 Å². The fourth-order valence-electron chi connectivity index (χ4n) is 4.10. The van der Waals surface area contributed by atoms with E-state index in [2.05, 4.69) is 74.1 Å². The van der Waals surface area contributed by atoms with Gasteiger partial charge in [-0.25, -0.2) is 4.98 Å². The van der Waals surface area contributed by atoms with E-state index in [1.165, 1.54) is 40.6 Å². The molecule has 142 valence electrons. The van der Waals surface area contributed by atoms with Crippen LogP contribution >= 0.6 is 11.3 Å². The molecule has 1 saturated heterocycles. The Bertz CT molecular complexity index is 1030. The predicted octanol–water partition coefficient (Wildman–Crippen LogP) is 5.05. The zero-order valence-electron chi connectivity index (χ0n) is 15.8. The number of benzene rings is 2. The minimum atomic E-state index is 0.583. The summed E-state index contributed by atoms with van der Waals surface area (Å²) in [6.07, 6.45) is 4.38. The lowest BCUT2D eigenvalue weighted by Crippen LogP contribution is -2.42. The lowest BCUT2D eigenvalue weighted by atomic mass is 10.0. The molecule has 0 bridgehead atoms. The molecule has 0 spiro atoms. The van der Waals surface area contributed by atoms with Crippen LogP contribution in [-0.4, -0.2) is 29.1 Å². The van der Waals surface area contributed by atoms with E-state index < -0.39 is 0 Å². The largest absolute Gasteiger partial charge is 0.371 e. The Balaban J connectivity index is 1.17. The minimum absolute atomic E-state index is 0.583. The molecular weight excluding hydrogens is 364 g/mol. The topological polar surface area (TPSA) is 44.0 Å². The first-order valence-electron chi connectivity index (χ1n) is 9.89. The first-order chi connectivity index (χ1) is 13.9. The fraction of sp³-hybridized carbons (Fsp3) is 0.261. The first-order valence-corrected chi connectivity index (χ1v) is 10.8. The summed E-state index contributed by atoms with van der Waals surface area (Å²) in [6.45, 7) is 3.13. The SMILES string of the molecule is c1cc(CNC2CCN(c3ccc(-c4cscn4)cc3)CC2)c2cc[nH]c2c1. The van der Waals surface area contributed by atoms with Gasteiger partial charge in [-0.3, -0.25) is 0 Å². The molecule has 2 N–H and O–H groups in total. The van der Waals surface area contributed by atoms with Gasteiger partial charge in [0.2, 0.25) is 0 Å². The number of fused-ring (bicyclic) bond motifs is 1. The summed E-state index contributed by atoms with van der Waals surface area (Å²) in [5, 5.41) is 7.20. The molecule has 5 heteroatoms. The van der Waals surface area contributed by atoms with Crippen molar-refractivity contribution in [3.05, 3.63) is 71.2 Å². The first kappa shape index (κ1) is 17.5. The van der Waals surface area contributed by atoms with E-state index in [4.69, 9.17) is 0 Å². The highest BCUT2D eigenvalue weighted by Gasteiger charge is 2.19. The molecule has 2 aromatic carbocycles. The second kappa shape index (κ2) is 7.78. The second-order valence-electron chi connectivity index (χ2n) is 7.42. The van der Waals surface area contributed by atoms with E-state index >= 15 is 0 Å². The maximum atomic E-state index is 4.39. The highest BCUT2D eigenvalue weighted by molar-refractivity contribution is 7.07. The van der Waals surface area contributed by atoms with E-state index in [1.807, 2.05) is 11.7 Å². The van der Waals surface area contributed by atoms with Crippen LogP contribution in [0.5, 0.6) is 0 Å². The van der Waals surface area contributed by atoms with Gasteiger partial charge in [0, 0.05) is 59.4 Å². The number of hydrogen-bond acceptors (Lipinski definition) is 4. The Morgan fingerprint density at radius 3 is 2.71 bits per heavy atom. The molecule has 1 aliphatic rings. The summed E-state index contributed by atoms with van der Waals surface area (Å²) < 4.78 is 0. The van der Waals surface area contributed by atoms with Gasteiger partial charge < -0.3 is 15.2 Å². The van der Waals surface area contributed by atoms with Crippen LogP contribution in [0.4, 0.5) is 5.69 Å². The molecule has 2 aromatic heterocycles. The van der Waals surface area contributed by atoms with Crippen LogP contribution in [0.2, 0.25) is 0 Å². The van der Waals surface area contributed by atoms with Crippen molar-refractivity contribution in [2.45, 2.75) is 25.4 Å². The van der Waals surface area contributed by atoms with Gasteiger partial charge in [0.1, 0.15) is 0 Å². The number of rotatable bonds is 5. The number of nitrogens with zero attached hydrogens (tertiary/aromatic N) is 2. The van der Waals surface area contributed by atoms with Crippen molar-refractivity contribution in [3.63, 3.8) is 0 Å². The zero-order valence-corrected chi connectivity index (χ0v) is 16.6. The van der Waals surface area contributed by atoms with Gasteiger partial charge in [-0.1, -0.05) is 24.3 Å². The van der Waals surface area contributed by atoms with E-state index in [0.717, 1.165) is 25.3 Å². The highest BCUT2D eigenvalue weighted by Crippen LogP contribution is 2.25. The second-order valence-corrected chi connectivity index (χ2v) is 8.14. The predicted molar refractivity (Wildman–Crippen MR) is 118 cm³/mol. The third-order valence-corrected chi connectivity index (χ3v) is 6.31. The molecule has 5 rings (SSSR count). The Kier molecular flexibility index (Phi) is 4.85. The number of anilines is 1. The maximum absolute atomic E-state index is 4.39. The van der Waals surface area contributed by atoms with Gasteiger partial charge in [0.15, 0.2) is 0 Å². The molecule has 4 nitrogen and oxygen atoms in total. The molecule has 3 heterocycles. The van der Waals surface area contributed by atoms with Gasteiger partial charge in [-0.05, 0) is 42.7 Å². The molecule has 0 saturated carbocycles. The number of thiazole rings is 1. The average Bonchev–Trinajstić information content (AvgIpc) is 3.45.